The highest BCUT2D eigenvalue weighted by atomic mass is 32.2. The lowest BCUT2D eigenvalue weighted by atomic mass is 10.0. The molecule has 1 unspecified atom stereocenters. The highest BCUT2D eigenvalue weighted by Gasteiger charge is 2.31. The van der Waals surface area contributed by atoms with Gasteiger partial charge in [0, 0.05) is 13.0 Å². The first-order chi connectivity index (χ1) is 12.0. The van der Waals surface area contributed by atoms with Gasteiger partial charge in [0.1, 0.15) is 0 Å². The van der Waals surface area contributed by atoms with E-state index in [0.717, 1.165) is 25.7 Å². The maximum Gasteiger partial charge on any atom is 0.240 e. The van der Waals surface area contributed by atoms with Crippen LogP contribution in [0.4, 0.5) is 0 Å². The largest absolute Gasteiger partial charge is 0.348 e. The topological polar surface area (TPSA) is 83.6 Å². The third-order valence-electron chi connectivity index (χ3n) is 4.90. The monoisotopic (exact) mass is 364 g/mol. The molecule has 1 aromatic rings. The Balaban J connectivity index is 1.68. The van der Waals surface area contributed by atoms with E-state index in [0.29, 0.717) is 29.8 Å². The molecule has 1 aromatic carbocycles. The summed E-state index contributed by atoms with van der Waals surface area (Å²) < 4.78 is 24.3. The molecule has 0 spiro atoms. The molecule has 25 heavy (non-hydrogen) atoms. The molecular weight excluding hydrogens is 340 g/mol. The molecular formula is C18H24N2O4S. The number of benzene rings is 1. The van der Waals surface area contributed by atoms with Gasteiger partial charge in [-0.15, -0.1) is 0 Å². The average Bonchev–Trinajstić information content (AvgIpc) is 2.58. The van der Waals surface area contributed by atoms with Crippen LogP contribution >= 0.6 is 0 Å². The van der Waals surface area contributed by atoms with Crippen LogP contribution in [0, 0.1) is 0 Å². The Kier molecular flexibility index (Phi) is 5.42. The number of nitrogens with zero attached hydrogens (tertiary/aromatic N) is 1. The Labute approximate surface area is 148 Å². The van der Waals surface area contributed by atoms with Crippen LogP contribution in [-0.4, -0.2) is 44.0 Å². The van der Waals surface area contributed by atoms with Crippen LogP contribution in [0.3, 0.4) is 0 Å². The minimum Gasteiger partial charge on any atom is -0.348 e. The molecule has 1 atom stereocenters. The molecule has 0 saturated carbocycles. The van der Waals surface area contributed by atoms with Crippen molar-refractivity contribution in [2.24, 2.45) is 0 Å². The number of hydrogen-bond acceptors (Lipinski definition) is 4. The molecule has 2 heterocycles. The van der Waals surface area contributed by atoms with Gasteiger partial charge < -0.3 is 10.2 Å². The fourth-order valence-electron chi connectivity index (χ4n) is 3.54. The van der Waals surface area contributed by atoms with Crippen molar-refractivity contribution in [1.82, 2.24) is 10.2 Å². The SMILES string of the molecule is O=C(CN1CCCCCCC1=O)NC1CCS(=O)(=O)c2ccccc21. The molecule has 2 aliphatic heterocycles. The van der Waals surface area contributed by atoms with E-state index in [1.54, 1.807) is 29.2 Å². The molecule has 1 saturated heterocycles. The molecule has 2 amide bonds. The smallest absolute Gasteiger partial charge is 0.240 e. The van der Waals surface area contributed by atoms with Gasteiger partial charge in [0.2, 0.25) is 11.8 Å². The van der Waals surface area contributed by atoms with Gasteiger partial charge in [-0.25, -0.2) is 8.42 Å². The molecule has 1 fully saturated rings. The zero-order valence-electron chi connectivity index (χ0n) is 14.2. The number of sulfone groups is 1. The van der Waals surface area contributed by atoms with E-state index >= 15 is 0 Å². The Morgan fingerprint density at radius 1 is 1.16 bits per heavy atom. The first kappa shape index (κ1) is 17.9. The molecule has 1 N–H and O–H groups in total. The van der Waals surface area contributed by atoms with Crippen molar-refractivity contribution in [3.8, 4) is 0 Å². The molecule has 136 valence electrons. The van der Waals surface area contributed by atoms with Crippen molar-refractivity contribution in [2.75, 3.05) is 18.8 Å². The lowest BCUT2D eigenvalue weighted by molar-refractivity contribution is -0.136. The summed E-state index contributed by atoms with van der Waals surface area (Å²) in [5.41, 5.74) is 0.640. The lowest BCUT2D eigenvalue weighted by Gasteiger charge is -2.28. The number of amides is 2. The summed E-state index contributed by atoms with van der Waals surface area (Å²) in [6.45, 7) is 0.659. The Hall–Kier alpha value is -1.89. The zero-order valence-corrected chi connectivity index (χ0v) is 15.1. The Morgan fingerprint density at radius 2 is 1.92 bits per heavy atom. The third-order valence-corrected chi connectivity index (χ3v) is 6.71. The normalized spacial score (nSPS) is 23.3. The maximum atomic E-state index is 12.4. The molecule has 0 aliphatic carbocycles. The second-order valence-corrected chi connectivity index (χ2v) is 8.82. The van der Waals surface area contributed by atoms with Gasteiger partial charge in [-0.3, -0.25) is 9.59 Å². The number of likely N-dealkylation sites (tertiary alicyclic amines) is 1. The first-order valence-electron chi connectivity index (χ1n) is 8.86. The molecule has 3 rings (SSSR count). The van der Waals surface area contributed by atoms with Gasteiger partial charge in [0.25, 0.3) is 0 Å². The standard InChI is InChI=1S/C18H24N2O4S/c21-17(13-20-11-6-2-1-3-9-18(20)22)19-15-10-12-25(23,24)16-8-5-4-7-14(15)16/h4-5,7-8,15H,1-3,6,9-13H2,(H,19,21). The van der Waals surface area contributed by atoms with E-state index in [1.165, 1.54) is 0 Å². The summed E-state index contributed by atoms with van der Waals surface area (Å²) >= 11 is 0. The van der Waals surface area contributed by atoms with E-state index in [2.05, 4.69) is 5.32 Å². The van der Waals surface area contributed by atoms with Crippen molar-refractivity contribution in [2.45, 2.75) is 49.5 Å². The van der Waals surface area contributed by atoms with Gasteiger partial charge in [-0.2, -0.15) is 0 Å². The second kappa shape index (κ2) is 7.56. The van der Waals surface area contributed by atoms with Crippen LogP contribution in [0.1, 0.15) is 50.1 Å². The van der Waals surface area contributed by atoms with Crippen molar-refractivity contribution in [3.63, 3.8) is 0 Å². The van der Waals surface area contributed by atoms with Crippen LogP contribution < -0.4 is 5.32 Å². The minimum absolute atomic E-state index is 0.0254. The molecule has 7 heteroatoms. The van der Waals surface area contributed by atoms with Crippen molar-refractivity contribution < 1.29 is 18.0 Å². The van der Waals surface area contributed by atoms with Crippen molar-refractivity contribution in [1.29, 1.82) is 0 Å². The van der Waals surface area contributed by atoms with E-state index < -0.39 is 9.84 Å². The zero-order chi connectivity index (χ0) is 17.9. The van der Waals surface area contributed by atoms with Crippen LogP contribution in [0.5, 0.6) is 0 Å². The van der Waals surface area contributed by atoms with Crippen LogP contribution in [0.15, 0.2) is 29.2 Å². The highest BCUT2D eigenvalue weighted by molar-refractivity contribution is 7.91. The van der Waals surface area contributed by atoms with Gasteiger partial charge >= 0.3 is 0 Å². The number of rotatable bonds is 3. The van der Waals surface area contributed by atoms with Gasteiger partial charge in [0.15, 0.2) is 9.84 Å². The molecule has 0 aromatic heterocycles. The maximum absolute atomic E-state index is 12.4. The van der Waals surface area contributed by atoms with E-state index in [9.17, 15) is 18.0 Å². The predicted molar refractivity (Wildman–Crippen MR) is 93.7 cm³/mol. The summed E-state index contributed by atoms with van der Waals surface area (Å²) in [5.74, 6) is -0.174. The molecule has 2 aliphatic rings. The summed E-state index contributed by atoms with van der Waals surface area (Å²) in [5, 5.41) is 2.92. The quantitative estimate of drug-likeness (QED) is 0.887. The average molecular weight is 364 g/mol. The lowest BCUT2D eigenvalue weighted by Crippen LogP contribution is -2.43. The van der Waals surface area contributed by atoms with E-state index in [4.69, 9.17) is 0 Å². The Bertz CT molecular complexity index is 760. The number of nitrogens with one attached hydrogen (secondary N) is 1. The van der Waals surface area contributed by atoms with Crippen LogP contribution in [0.2, 0.25) is 0 Å². The number of carbonyl (C=O) groups is 2. The number of hydrogen-bond donors (Lipinski definition) is 1. The summed E-state index contributed by atoms with van der Waals surface area (Å²) in [4.78, 5) is 26.5. The third kappa shape index (κ3) is 4.21. The van der Waals surface area contributed by atoms with Crippen LogP contribution in [-0.2, 0) is 19.4 Å². The number of carbonyl (C=O) groups excluding carboxylic acids is 2. The van der Waals surface area contributed by atoms with Gasteiger partial charge in [0.05, 0.1) is 23.2 Å². The number of fused-ring (bicyclic) bond motifs is 1. The van der Waals surface area contributed by atoms with Crippen molar-refractivity contribution in [3.05, 3.63) is 29.8 Å². The van der Waals surface area contributed by atoms with E-state index in [-0.39, 0.29) is 30.2 Å². The minimum atomic E-state index is -3.27. The van der Waals surface area contributed by atoms with Gasteiger partial charge in [-0.1, -0.05) is 31.0 Å². The van der Waals surface area contributed by atoms with Gasteiger partial charge in [-0.05, 0) is 30.9 Å². The van der Waals surface area contributed by atoms with E-state index in [1.807, 2.05) is 0 Å². The second-order valence-electron chi connectivity index (χ2n) is 6.74. The fourth-order valence-corrected chi connectivity index (χ4v) is 5.16. The summed E-state index contributed by atoms with van der Waals surface area (Å²) in [6.07, 6.45) is 4.81. The van der Waals surface area contributed by atoms with Crippen molar-refractivity contribution >= 4 is 21.7 Å². The molecule has 0 radical (unpaired) electrons. The first-order valence-corrected chi connectivity index (χ1v) is 10.5. The Morgan fingerprint density at radius 3 is 2.76 bits per heavy atom. The van der Waals surface area contributed by atoms with Crippen LogP contribution in [0.25, 0.3) is 0 Å². The molecule has 0 bridgehead atoms. The highest BCUT2D eigenvalue weighted by Crippen LogP contribution is 2.31. The summed E-state index contributed by atoms with van der Waals surface area (Å²) in [7, 11) is -3.27. The summed E-state index contributed by atoms with van der Waals surface area (Å²) in [6, 6.07) is 6.49. The fraction of sp³-hybridized carbons (Fsp3) is 0.556. The predicted octanol–water partition coefficient (Wildman–Crippen LogP) is 1.81. The molecule has 6 nitrogen and oxygen atoms in total.